The quantitative estimate of drug-likeness (QED) is 0.850. The molecule has 2 aromatic carbocycles. The summed E-state index contributed by atoms with van der Waals surface area (Å²) in [5.41, 5.74) is 2.20. The molecule has 3 rings (SSSR count). The van der Waals surface area contributed by atoms with E-state index in [1.165, 1.54) is 5.56 Å². The predicted molar refractivity (Wildman–Crippen MR) is 96.5 cm³/mol. The van der Waals surface area contributed by atoms with Crippen LogP contribution in [0.3, 0.4) is 0 Å². The number of amidine groups is 1. The number of rotatable bonds is 4. The minimum atomic E-state index is -3.66. The highest BCUT2D eigenvalue weighted by Crippen LogP contribution is 2.20. The zero-order valence-corrected chi connectivity index (χ0v) is 14.7. The van der Waals surface area contributed by atoms with Crippen LogP contribution in [-0.2, 0) is 16.6 Å². The SMILES string of the molecule is Cc1ccc(S(=O)(=O)/N=C2\CCCCN2Cc2ccccc2)cc1. The molecule has 0 atom stereocenters. The summed E-state index contributed by atoms with van der Waals surface area (Å²) in [6, 6.07) is 16.9. The second-order valence-corrected chi connectivity index (χ2v) is 7.76. The van der Waals surface area contributed by atoms with Gasteiger partial charge in [0.1, 0.15) is 5.84 Å². The maximum atomic E-state index is 12.6. The Kier molecular flexibility index (Phi) is 5.00. The van der Waals surface area contributed by atoms with E-state index < -0.39 is 10.0 Å². The summed E-state index contributed by atoms with van der Waals surface area (Å²) in [6.45, 7) is 3.48. The van der Waals surface area contributed by atoms with Crippen LogP contribution < -0.4 is 0 Å². The van der Waals surface area contributed by atoms with Crippen LogP contribution in [-0.4, -0.2) is 25.7 Å². The summed E-state index contributed by atoms with van der Waals surface area (Å²) in [6.07, 6.45) is 2.75. The van der Waals surface area contributed by atoms with E-state index in [2.05, 4.69) is 21.4 Å². The predicted octanol–water partition coefficient (Wildman–Crippen LogP) is 3.77. The van der Waals surface area contributed by atoms with Crippen LogP contribution in [0.1, 0.15) is 30.4 Å². The van der Waals surface area contributed by atoms with Gasteiger partial charge in [-0.25, -0.2) is 0 Å². The standard InChI is InChI=1S/C19H22N2O2S/c1-16-10-12-18(13-11-16)24(22,23)20-19-9-5-6-14-21(19)15-17-7-3-2-4-8-17/h2-4,7-8,10-13H,5-6,9,14-15H2,1H3/b20-19+. The third kappa shape index (κ3) is 4.03. The summed E-state index contributed by atoms with van der Waals surface area (Å²) in [7, 11) is -3.66. The Labute approximate surface area is 143 Å². The Morgan fingerprint density at radius 3 is 2.42 bits per heavy atom. The first kappa shape index (κ1) is 16.7. The van der Waals surface area contributed by atoms with Crippen molar-refractivity contribution in [1.82, 2.24) is 4.90 Å². The second kappa shape index (κ2) is 7.18. The molecule has 0 saturated carbocycles. The molecule has 0 bridgehead atoms. The van der Waals surface area contributed by atoms with E-state index in [0.29, 0.717) is 18.8 Å². The number of benzene rings is 2. The highest BCUT2D eigenvalue weighted by Gasteiger charge is 2.21. The van der Waals surface area contributed by atoms with Crippen molar-refractivity contribution in [2.75, 3.05) is 6.54 Å². The molecule has 1 fully saturated rings. The number of hydrogen-bond donors (Lipinski definition) is 0. The van der Waals surface area contributed by atoms with E-state index in [9.17, 15) is 8.42 Å². The Hall–Kier alpha value is -2.14. The lowest BCUT2D eigenvalue weighted by Crippen LogP contribution is -2.35. The Balaban J connectivity index is 1.86. The van der Waals surface area contributed by atoms with Crippen LogP contribution in [0.25, 0.3) is 0 Å². The minimum absolute atomic E-state index is 0.255. The molecular formula is C19H22N2O2S. The number of nitrogens with zero attached hydrogens (tertiary/aromatic N) is 2. The van der Waals surface area contributed by atoms with Crippen LogP contribution in [0.15, 0.2) is 63.9 Å². The van der Waals surface area contributed by atoms with Crippen LogP contribution in [0.5, 0.6) is 0 Å². The van der Waals surface area contributed by atoms with E-state index in [-0.39, 0.29) is 4.90 Å². The number of piperidine rings is 1. The van der Waals surface area contributed by atoms with E-state index in [0.717, 1.165) is 24.9 Å². The maximum absolute atomic E-state index is 12.6. The normalized spacial score (nSPS) is 17.2. The van der Waals surface area contributed by atoms with E-state index in [1.54, 1.807) is 24.3 Å². The molecule has 1 heterocycles. The molecule has 1 aliphatic rings. The van der Waals surface area contributed by atoms with Crippen molar-refractivity contribution in [3.8, 4) is 0 Å². The molecule has 24 heavy (non-hydrogen) atoms. The lowest BCUT2D eigenvalue weighted by molar-refractivity contribution is 0.364. The van der Waals surface area contributed by atoms with Gasteiger partial charge in [-0.1, -0.05) is 48.0 Å². The summed E-state index contributed by atoms with van der Waals surface area (Å²) in [5.74, 6) is 0.672. The third-order valence-corrected chi connectivity index (χ3v) is 5.52. The molecule has 0 aliphatic carbocycles. The highest BCUT2D eigenvalue weighted by molar-refractivity contribution is 7.90. The monoisotopic (exact) mass is 342 g/mol. The van der Waals surface area contributed by atoms with E-state index in [4.69, 9.17) is 0 Å². The van der Waals surface area contributed by atoms with Crippen molar-refractivity contribution in [3.63, 3.8) is 0 Å². The molecular weight excluding hydrogens is 320 g/mol. The van der Waals surface area contributed by atoms with Crippen LogP contribution in [0, 0.1) is 6.92 Å². The average Bonchev–Trinajstić information content (AvgIpc) is 2.58. The molecule has 2 aromatic rings. The van der Waals surface area contributed by atoms with Crippen LogP contribution >= 0.6 is 0 Å². The second-order valence-electron chi connectivity index (χ2n) is 6.16. The fourth-order valence-corrected chi connectivity index (χ4v) is 3.92. The highest BCUT2D eigenvalue weighted by atomic mass is 32.2. The molecule has 0 spiro atoms. The van der Waals surface area contributed by atoms with Crippen molar-refractivity contribution in [2.45, 2.75) is 37.6 Å². The first-order valence-electron chi connectivity index (χ1n) is 8.24. The zero-order valence-electron chi connectivity index (χ0n) is 13.9. The summed E-state index contributed by atoms with van der Waals surface area (Å²) in [5, 5.41) is 0. The topological polar surface area (TPSA) is 49.7 Å². The van der Waals surface area contributed by atoms with E-state index >= 15 is 0 Å². The lowest BCUT2D eigenvalue weighted by Gasteiger charge is -2.30. The molecule has 0 radical (unpaired) electrons. The molecule has 126 valence electrons. The van der Waals surface area contributed by atoms with Crippen molar-refractivity contribution in [3.05, 3.63) is 65.7 Å². The number of sulfonamides is 1. The zero-order chi connectivity index (χ0) is 17.0. The summed E-state index contributed by atoms with van der Waals surface area (Å²) >= 11 is 0. The van der Waals surface area contributed by atoms with Gasteiger partial charge in [0, 0.05) is 19.5 Å². The van der Waals surface area contributed by atoms with Gasteiger partial charge in [0.25, 0.3) is 10.0 Å². The van der Waals surface area contributed by atoms with Crippen LogP contribution in [0.4, 0.5) is 0 Å². The number of aryl methyl sites for hydroxylation is 1. The van der Waals surface area contributed by atoms with Gasteiger partial charge in [-0.3, -0.25) is 0 Å². The molecule has 0 aromatic heterocycles. The average molecular weight is 342 g/mol. The molecule has 1 saturated heterocycles. The van der Waals surface area contributed by atoms with Crippen molar-refractivity contribution in [1.29, 1.82) is 0 Å². The fraction of sp³-hybridized carbons (Fsp3) is 0.316. The molecule has 0 unspecified atom stereocenters. The molecule has 0 amide bonds. The van der Waals surface area contributed by atoms with Gasteiger partial charge in [-0.05, 0) is 37.5 Å². The summed E-state index contributed by atoms with van der Waals surface area (Å²) < 4.78 is 29.4. The van der Waals surface area contributed by atoms with Gasteiger partial charge in [-0.2, -0.15) is 8.42 Å². The van der Waals surface area contributed by atoms with E-state index in [1.807, 2.05) is 25.1 Å². The third-order valence-electron chi connectivity index (χ3n) is 4.20. The van der Waals surface area contributed by atoms with Gasteiger partial charge in [0.2, 0.25) is 0 Å². The summed E-state index contributed by atoms with van der Waals surface area (Å²) in [4.78, 5) is 2.34. The van der Waals surface area contributed by atoms with Gasteiger partial charge >= 0.3 is 0 Å². The van der Waals surface area contributed by atoms with Crippen molar-refractivity contribution >= 4 is 15.9 Å². The number of hydrogen-bond acceptors (Lipinski definition) is 2. The Morgan fingerprint density at radius 1 is 1.00 bits per heavy atom. The Bertz CT molecular complexity index is 812. The lowest BCUT2D eigenvalue weighted by atomic mass is 10.1. The first-order chi connectivity index (χ1) is 11.5. The molecule has 1 aliphatic heterocycles. The largest absolute Gasteiger partial charge is 0.355 e. The van der Waals surface area contributed by atoms with Crippen molar-refractivity contribution < 1.29 is 8.42 Å². The van der Waals surface area contributed by atoms with Gasteiger partial charge in [0.05, 0.1) is 4.90 Å². The van der Waals surface area contributed by atoms with Gasteiger partial charge in [-0.15, -0.1) is 4.40 Å². The smallest absolute Gasteiger partial charge is 0.283 e. The van der Waals surface area contributed by atoms with Crippen LogP contribution in [0.2, 0.25) is 0 Å². The molecule has 5 heteroatoms. The van der Waals surface area contributed by atoms with Crippen molar-refractivity contribution in [2.24, 2.45) is 4.40 Å². The van der Waals surface area contributed by atoms with Gasteiger partial charge in [0.15, 0.2) is 0 Å². The molecule has 4 nitrogen and oxygen atoms in total. The Morgan fingerprint density at radius 2 is 1.71 bits per heavy atom. The first-order valence-corrected chi connectivity index (χ1v) is 9.68. The van der Waals surface area contributed by atoms with Gasteiger partial charge < -0.3 is 4.90 Å². The fourth-order valence-electron chi connectivity index (χ4n) is 2.85. The molecule has 0 N–H and O–H groups in total. The number of likely N-dealkylation sites (tertiary alicyclic amines) is 1. The minimum Gasteiger partial charge on any atom is -0.355 e. The maximum Gasteiger partial charge on any atom is 0.283 e.